The van der Waals surface area contributed by atoms with Crippen LogP contribution in [0.25, 0.3) is 0 Å². The largest absolute Gasteiger partial charge is 0.337 e. The van der Waals surface area contributed by atoms with Crippen LogP contribution >= 0.6 is 34.8 Å². The van der Waals surface area contributed by atoms with Crippen molar-refractivity contribution in [1.82, 2.24) is 4.98 Å². The highest BCUT2D eigenvalue weighted by molar-refractivity contribution is 6.43. The quantitative estimate of drug-likeness (QED) is 0.784. The van der Waals surface area contributed by atoms with E-state index in [0.29, 0.717) is 0 Å². The molecule has 18 heavy (non-hydrogen) atoms. The van der Waals surface area contributed by atoms with Gasteiger partial charge in [0.1, 0.15) is 16.8 Å². The Morgan fingerprint density at radius 1 is 1.00 bits per heavy atom. The molecule has 94 valence electrons. The van der Waals surface area contributed by atoms with Crippen molar-refractivity contribution in [2.24, 2.45) is 0 Å². The number of benzene rings is 1. The Kier molecular flexibility index (Phi) is 3.90. The van der Waals surface area contributed by atoms with Gasteiger partial charge in [0.25, 0.3) is 0 Å². The van der Waals surface area contributed by atoms with Crippen LogP contribution in [0, 0.1) is 11.6 Å². The van der Waals surface area contributed by atoms with E-state index in [1.165, 1.54) is 12.1 Å². The molecule has 0 saturated heterocycles. The van der Waals surface area contributed by atoms with E-state index in [4.69, 9.17) is 34.8 Å². The van der Waals surface area contributed by atoms with Gasteiger partial charge in [0, 0.05) is 6.07 Å². The third-order valence-corrected chi connectivity index (χ3v) is 3.03. The molecular weight excluding hydrogens is 304 g/mol. The minimum atomic E-state index is -0.765. The van der Waals surface area contributed by atoms with E-state index in [0.717, 1.165) is 12.1 Å². The van der Waals surface area contributed by atoms with Crippen molar-refractivity contribution in [2.75, 3.05) is 5.32 Å². The van der Waals surface area contributed by atoms with Gasteiger partial charge in [0.2, 0.25) is 0 Å². The zero-order valence-corrected chi connectivity index (χ0v) is 10.9. The Morgan fingerprint density at radius 3 is 2.39 bits per heavy atom. The molecule has 2 aromatic rings. The van der Waals surface area contributed by atoms with Crippen LogP contribution < -0.4 is 5.32 Å². The van der Waals surface area contributed by atoms with Crippen molar-refractivity contribution in [3.8, 4) is 0 Å². The number of nitrogens with zero attached hydrogens (tertiary/aromatic N) is 1. The van der Waals surface area contributed by atoms with E-state index in [-0.39, 0.29) is 26.7 Å². The van der Waals surface area contributed by atoms with Crippen LogP contribution in [0.4, 0.5) is 20.3 Å². The molecule has 1 heterocycles. The van der Waals surface area contributed by atoms with Gasteiger partial charge in [-0.3, -0.25) is 0 Å². The average Bonchev–Trinajstić information content (AvgIpc) is 2.29. The third-order valence-electron chi connectivity index (χ3n) is 2.07. The Labute approximate surface area is 116 Å². The molecule has 0 spiro atoms. The summed E-state index contributed by atoms with van der Waals surface area (Å²) in [7, 11) is 0. The zero-order valence-electron chi connectivity index (χ0n) is 8.65. The number of halogens is 5. The van der Waals surface area contributed by atoms with Crippen LogP contribution in [0.2, 0.25) is 15.2 Å². The Balaban J connectivity index is 2.37. The first-order valence-corrected chi connectivity index (χ1v) is 5.84. The molecule has 2 rings (SSSR count). The van der Waals surface area contributed by atoms with Gasteiger partial charge >= 0.3 is 0 Å². The Morgan fingerprint density at radius 2 is 1.72 bits per heavy atom. The summed E-state index contributed by atoms with van der Waals surface area (Å²) in [4.78, 5) is 3.86. The lowest BCUT2D eigenvalue weighted by Gasteiger charge is -2.09. The third kappa shape index (κ3) is 2.83. The second-order valence-electron chi connectivity index (χ2n) is 3.34. The number of nitrogens with one attached hydrogen (secondary N) is 1. The number of rotatable bonds is 2. The highest BCUT2D eigenvalue weighted by Crippen LogP contribution is 2.31. The molecule has 0 amide bonds. The van der Waals surface area contributed by atoms with Gasteiger partial charge in [-0.1, -0.05) is 34.8 Å². The predicted octanol–water partition coefficient (Wildman–Crippen LogP) is 5.06. The maximum atomic E-state index is 13.4. The topological polar surface area (TPSA) is 24.9 Å². The smallest absolute Gasteiger partial charge is 0.151 e. The molecule has 7 heteroatoms. The van der Waals surface area contributed by atoms with Crippen molar-refractivity contribution in [3.05, 3.63) is 51.1 Å². The maximum Gasteiger partial charge on any atom is 0.151 e. The molecule has 0 fully saturated rings. The number of aromatic nitrogens is 1. The average molecular weight is 310 g/mol. The standard InChI is InChI=1S/C11H5Cl3F2N2/c12-6-4-7(13)11(18-10(6)14)17-9-2-1-5(15)3-8(9)16/h1-4H,(H,17,18). The van der Waals surface area contributed by atoms with E-state index in [1.54, 1.807) is 0 Å². The van der Waals surface area contributed by atoms with Crippen molar-refractivity contribution in [2.45, 2.75) is 0 Å². The molecule has 1 aromatic heterocycles. The molecule has 2 nitrogen and oxygen atoms in total. The molecule has 0 bridgehead atoms. The van der Waals surface area contributed by atoms with E-state index in [9.17, 15) is 8.78 Å². The summed E-state index contributed by atoms with van der Waals surface area (Å²) in [6.45, 7) is 0. The first-order chi connectivity index (χ1) is 8.47. The van der Waals surface area contributed by atoms with E-state index < -0.39 is 11.6 Å². The molecule has 0 atom stereocenters. The van der Waals surface area contributed by atoms with Crippen molar-refractivity contribution in [1.29, 1.82) is 0 Å². The minimum Gasteiger partial charge on any atom is -0.337 e. The van der Waals surface area contributed by atoms with Crippen LogP contribution in [0.15, 0.2) is 24.3 Å². The van der Waals surface area contributed by atoms with Gasteiger partial charge in [0.15, 0.2) is 5.82 Å². The summed E-state index contributed by atoms with van der Waals surface area (Å²) in [5, 5.41) is 3.00. The molecule has 0 aliphatic carbocycles. The van der Waals surface area contributed by atoms with Crippen LogP contribution in [0.3, 0.4) is 0 Å². The Hall–Kier alpha value is -1.10. The van der Waals surface area contributed by atoms with Gasteiger partial charge in [-0.15, -0.1) is 0 Å². The second kappa shape index (κ2) is 5.26. The normalized spacial score (nSPS) is 10.5. The van der Waals surface area contributed by atoms with Crippen LogP contribution in [0.5, 0.6) is 0 Å². The molecule has 0 radical (unpaired) electrons. The lowest BCUT2D eigenvalue weighted by Crippen LogP contribution is -1.98. The van der Waals surface area contributed by atoms with Crippen LogP contribution in [0.1, 0.15) is 0 Å². The lowest BCUT2D eigenvalue weighted by atomic mass is 10.3. The SMILES string of the molecule is Fc1ccc(Nc2nc(Cl)c(Cl)cc2Cl)c(F)c1. The number of hydrogen-bond donors (Lipinski definition) is 1. The van der Waals surface area contributed by atoms with Gasteiger partial charge in [-0.2, -0.15) is 0 Å². The van der Waals surface area contributed by atoms with E-state index in [2.05, 4.69) is 10.3 Å². The summed E-state index contributed by atoms with van der Waals surface area (Å²) < 4.78 is 26.1. The molecule has 1 N–H and O–H groups in total. The lowest BCUT2D eigenvalue weighted by molar-refractivity contribution is 0.586. The van der Waals surface area contributed by atoms with Gasteiger partial charge < -0.3 is 5.32 Å². The fourth-order valence-electron chi connectivity index (χ4n) is 1.25. The van der Waals surface area contributed by atoms with Crippen molar-refractivity contribution >= 4 is 46.3 Å². The molecule has 0 aliphatic rings. The molecule has 1 aromatic carbocycles. The monoisotopic (exact) mass is 308 g/mol. The summed E-state index contributed by atoms with van der Waals surface area (Å²) in [5.41, 5.74) is 0.0317. The van der Waals surface area contributed by atoms with Crippen LogP contribution in [-0.2, 0) is 0 Å². The van der Waals surface area contributed by atoms with Crippen molar-refractivity contribution < 1.29 is 8.78 Å². The number of hydrogen-bond acceptors (Lipinski definition) is 2. The summed E-state index contributed by atoms with van der Waals surface area (Å²) >= 11 is 17.3. The number of anilines is 2. The fraction of sp³-hybridized carbons (Fsp3) is 0. The number of pyridine rings is 1. The molecule has 0 saturated carbocycles. The Bertz CT molecular complexity index is 605. The highest BCUT2D eigenvalue weighted by Gasteiger charge is 2.10. The summed E-state index contributed by atoms with van der Waals surface area (Å²) in [5.74, 6) is -1.30. The van der Waals surface area contributed by atoms with Gasteiger partial charge in [-0.05, 0) is 18.2 Å². The van der Waals surface area contributed by atoms with E-state index >= 15 is 0 Å². The molecular formula is C11H5Cl3F2N2. The van der Waals surface area contributed by atoms with Crippen LogP contribution in [-0.4, -0.2) is 4.98 Å². The second-order valence-corrected chi connectivity index (χ2v) is 4.51. The minimum absolute atomic E-state index is 0.0317. The maximum absolute atomic E-state index is 13.4. The zero-order chi connectivity index (χ0) is 13.3. The van der Waals surface area contributed by atoms with Crippen molar-refractivity contribution in [3.63, 3.8) is 0 Å². The first kappa shape index (κ1) is 13.3. The molecule has 0 unspecified atom stereocenters. The van der Waals surface area contributed by atoms with Gasteiger partial charge in [0.05, 0.1) is 15.7 Å². The van der Waals surface area contributed by atoms with E-state index in [1.807, 2.05) is 0 Å². The highest BCUT2D eigenvalue weighted by atomic mass is 35.5. The summed E-state index contributed by atoms with van der Waals surface area (Å²) in [6.07, 6.45) is 0. The fourth-order valence-corrected chi connectivity index (χ4v) is 1.80. The molecule has 0 aliphatic heterocycles. The first-order valence-electron chi connectivity index (χ1n) is 4.71. The van der Waals surface area contributed by atoms with Gasteiger partial charge in [-0.25, -0.2) is 13.8 Å². The predicted molar refractivity (Wildman–Crippen MR) is 68.9 cm³/mol. The summed E-state index contributed by atoms with van der Waals surface area (Å²) in [6, 6.07) is 4.46.